The summed E-state index contributed by atoms with van der Waals surface area (Å²) < 4.78 is 5.35. The van der Waals surface area contributed by atoms with Crippen molar-refractivity contribution in [3.05, 3.63) is 34.9 Å². The van der Waals surface area contributed by atoms with Crippen molar-refractivity contribution in [2.75, 3.05) is 36.5 Å². The number of nitrogens with one attached hydrogen (secondary N) is 1. The average Bonchev–Trinajstić information content (AvgIpc) is 3.03. The molecule has 0 saturated carbocycles. The van der Waals surface area contributed by atoms with Crippen molar-refractivity contribution in [3.63, 3.8) is 0 Å². The van der Waals surface area contributed by atoms with E-state index < -0.39 is 0 Å². The van der Waals surface area contributed by atoms with Gasteiger partial charge in [0.2, 0.25) is 0 Å². The lowest BCUT2D eigenvalue weighted by Crippen LogP contribution is -2.36. The first-order chi connectivity index (χ1) is 9.83. The lowest BCUT2D eigenvalue weighted by Gasteiger charge is -2.27. The maximum absolute atomic E-state index is 5.35. The van der Waals surface area contributed by atoms with Crippen molar-refractivity contribution < 1.29 is 4.74 Å². The first-order valence-electron chi connectivity index (χ1n) is 6.77. The van der Waals surface area contributed by atoms with Gasteiger partial charge in [-0.3, -0.25) is 0 Å². The first-order valence-corrected chi connectivity index (χ1v) is 7.65. The average molecular weight is 290 g/mol. The van der Waals surface area contributed by atoms with Crippen LogP contribution in [0.5, 0.6) is 0 Å². The van der Waals surface area contributed by atoms with E-state index in [0.717, 1.165) is 42.8 Å². The topological polar surface area (TPSA) is 50.3 Å². The Morgan fingerprint density at radius 1 is 1.30 bits per heavy atom. The molecule has 3 rings (SSSR count). The molecule has 20 heavy (non-hydrogen) atoms. The number of morpholine rings is 1. The second-order valence-corrected chi connectivity index (χ2v) is 5.67. The van der Waals surface area contributed by atoms with Crippen molar-refractivity contribution in [3.8, 4) is 0 Å². The summed E-state index contributed by atoms with van der Waals surface area (Å²) in [6.45, 7) is 5.49. The first kappa shape index (κ1) is 13.3. The minimum Gasteiger partial charge on any atom is -0.378 e. The lowest BCUT2D eigenvalue weighted by atomic mass is 10.3. The molecule has 106 valence electrons. The highest BCUT2D eigenvalue weighted by molar-refractivity contribution is 7.09. The van der Waals surface area contributed by atoms with Crippen LogP contribution in [0.4, 0.5) is 11.5 Å². The zero-order chi connectivity index (χ0) is 13.8. The van der Waals surface area contributed by atoms with E-state index in [0.29, 0.717) is 0 Å². The molecule has 2 aromatic rings. The Hall–Kier alpha value is -1.66. The third-order valence-electron chi connectivity index (χ3n) is 3.29. The predicted molar refractivity (Wildman–Crippen MR) is 81.4 cm³/mol. The van der Waals surface area contributed by atoms with Crippen LogP contribution >= 0.6 is 11.3 Å². The van der Waals surface area contributed by atoms with E-state index in [9.17, 15) is 0 Å². The van der Waals surface area contributed by atoms with Crippen LogP contribution in [-0.2, 0) is 4.74 Å². The van der Waals surface area contributed by atoms with Crippen molar-refractivity contribution in [1.82, 2.24) is 9.97 Å². The van der Waals surface area contributed by atoms with Gasteiger partial charge in [-0.2, -0.15) is 0 Å². The maximum Gasteiger partial charge on any atom is 0.128 e. The summed E-state index contributed by atoms with van der Waals surface area (Å²) in [7, 11) is 0. The molecule has 1 aliphatic heterocycles. The second kappa shape index (κ2) is 6.19. The highest BCUT2D eigenvalue weighted by Gasteiger charge is 2.12. The Kier molecular flexibility index (Phi) is 4.13. The van der Waals surface area contributed by atoms with Crippen molar-refractivity contribution in [1.29, 1.82) is 0 Å². The van der Waals surface area contributed by atoms with Gasteiger partial charge in [-0.1, -0.05) is 0 Å². The number of hydrogen-bond donors (Lipinski definition) is 1. The van der Waals surface area contributed by atoms with Gasteiger partial charge in [-0.05, 0) is 19.1 Å². The standard InChI is InChI=1S/C14H18N4OS/c1-11(14-15-4-9-20-14)17-12-2-3-13(16-10-12)18-5-7-19-8-6-18/h2-4,9-11,17H,5-8H2,1H3. The molecular weight excluding hydrogens is 272 g/mol. The van der Waals surface area contributed by atoms with Crippen molar-refractivity contribution >= 4 is 22.8 Å². The van der Waals surface area contributed by atoms with Gasteiger partial charge < -0.3 is 15.0 Å². The molecule has 0 aliphatic carbocycles. The fraction of sp³-hybridized carbons (Fsp3) is 0.429. The third kappa shape index (κ3) is 3.08. The number of aromatic nitrogens is 2. The number of ether oxygens (including phenoxy) is 1. The van der Waals surface area contributed by atoms with Gasteiger partial charge in [-0.25, -0.2) is 9.97 Å². The van der Waals surface area contributed by atoms with Crippen molar-refractivity contribution in [2.24, 2.45) is 0 Å². The van der Waals surface area contributed by atoms with Gasteiger partial charge in [0.05, 0.1) is 31.1 Å². The van der Waals surface area contributed by atoms with Gasteiger partial charge in [0, 0.05) is 24.7 Å². The molecule has 0 bridgehead atoms. The van der Waals surface area contributed by atoms with E-state index in [4.69, 9.17) is 4.74 Å². The van der Waals surface area contributed by atoms with Crippen molar-refractivity contribution in [2.45, 2.75) is 13.0 Å². The molecule has 1 atom stereocenters. The van der Waals surface area contributed by atoms with Crippen LogP contribution in [0.15, 0.2) is 29.9 Å². The van der Waals surface area contributed by atoms with Gasteiger partial charge in [-0.15, -0.1) is 11.3 Å². The lowest BCUT2D eigenvalue weighted by molar-refractivity contribution is 0.122. The monoisotopic (exact) mass is 290 g/mol. The van der Waals surface area contributed by atoms with Crippen LogP contribution in [-0.4, -0.2) is 36.3 Å². The van der Waals surface area contributed by atoms with Crippen LogP contribution in [0.2, 0.25) is 0 Å². The highest BCUT2D eigenvalue weighted by atomic mass is 32.1. The molecule has 1 aliphatic rings. The Morgan fingerprint density at radius 2 is 2.15 bits per heavy atom. The van der Waals surface area contributed by atoms with E-state index >= 15 is 0 Å². The summed E-state index contributed by atoms with van der Waals surface area (Å²) in [5.74, 6) is 1.01. The number of rotatable bonds is 4. The zero-order valence-electron chi connectivity index (χ0n) is 11.5. The smallest absolute Gasteiger partial charge is 0.128 e. The number of pyridine rings is 1. The van der Waals surface area contributed by atoms with Crippen LogP contribution < -0.4 is 10.2 Å². The largest absolute Gasteiger partial charge is 0.378 e. The minimum absolute atomic E-state index is 0.200. The van der Waals surface area contributed by atoms with Crippen LogP contribution in [0.3, 0.4) is 0 Å². The van der Waals surface area contributed by atoms with Crippen LogP contribution in [0.25, 0.3) is 0 Å². The summed E-state index contributed by atoms with van der Waals surface area (Å²) >= 11 is 1.66. The molecule has 1 fully saturated rings. The van der Waals surface area contributed by atoms with E-state index in [-0.39, 0.29) is 6.04 Å². The maximum atomic E-state index is 5.35. The van der Waals surface area contributed by atoms with Gasteiger partial charge in [0.25, 0.3) is 0 Å². The highest BCUT2D eigenvalue weighted by Crippen LogP contribution is 2.22. The molecule has 2 aromatic heterocycles. The fourth-order valence-corrected chi connectivity index (χ4v) is 2.86. The van der Waals surface area contributed by atoms with Gasteiger partial charge >= 0.3 is 0 Å². The normalized spacial score (nSPS) is 16.9. The van der Waals surface area contributed by atoms with E-state index in [1.807, 2.05) is 17.8 Å². The molecule has 1 saturated heterocycles. The van der Waals surface area contributed by atoms with Gasteiger partial charge in [0.1, 0.15) is 10.8 Å². The van der Waals surface area contributed by atoms with Crippen LogP contribution in [0, 0.1) is 0 Å². The summed E-state index contributed by atoms with van der Waals surface area (Å²) in [5, 5.41) is 6.50. The summed E-state index contributed by atoms with van der Waals surface area (Å²) in [5.41, 5.74) is 1.02. The predicted octanol–water partition coefficient (Wildman–Crippen LogP) is 2.55. The third-order valence-corrected chi connectivity index (χ3v) is 4.25. The summed E-state index contributed by atoms with van der Waals surface area (Å²) in [4.78, 5) is 11.1. The molecule has 0 amide bonds. The minimum atomic E-state index is 0.200. The number of anilines is 2. The second-order valence-electron chi connectivity index (χ2n) is 4.74. The SMILES string of the molecule is CC(Nc1ccc(N2CCOCC2)nc1)c1nccs1. The van der Waals surface area contributed by atoms with Crippen LogP contribution in [0.1, 0.15) is 18.0 Å². The van der Waals surface area contributed by atoms with Gasteiger partial charge in [0.15, 0.2) is 0 Å². The molecule has 1 unspecified atom stereocenters. The Labute approximate surface area is 122 Å². The number of thiazole rings is 1. The fourth-order valence-electron chi connectivity index (χ4n) is 2.21. The molecule has 1 N–H and O–H groups in total. The summed E-state index contributed by atoms with van der Waals surface area (Å²) in [6, 6.07) is 4.33. The van der Waals surface area contributed by atoms with E-state index in [1.165, 1.54) is 0 Å². The molecule has 0 aromatic carbocycles. The number of hydrogen-bond acceptors (Lipinski definition) is 6. The quantitative estimate of drug-likeness (QED) is 0.938. The Morgan fingerprint density at radius 3 is 2.80 bits per heavy atom. The Bertz CT molecular complexity index is 523. The molecule has 5 nitrogen and oxygen atoms in total. The zero-order valence-corrected chi connectivity index (χ0v) is 12.3. The summed E-state index contributed by atoms with van der Waals surface area (Å²) in [6.07, 6.45) is 3.72. The molecule has 0 spiro atoms. The molecule has 6 heteroatoms. The Balaban J connectivity index is 1.63. The molecule has 3 heterocycles. The molecular formula is C14H18N4OS. The van der Waals surface area contributed by atoms with E-state index in [2.05, 4.69) is 39.2 Å². The molecule has 0 radical (unpaired) electrons. The number of nitrogens with zero attached hydrogens (tertiary/aromatic N) is 3. The van der Waals surface area contributed by atoms with E-state index in [1.54, 1.807) is 11.3 Å².